The zero-order valence-electron chi connectivity index (χ0n) is 14.1. The normalized spacial score (nSPS) is 28.5. The Balaban J connectivity index is 1.88. The fraction of sp³-hybridized carbons (Fsp3) is 0.600. The Labute approximate surface area is 139 Å². The van der Waals surface area contributed by atoms with Crippen LogP contribution in [0.15, 0.2) is 30.9 Å². The Morgan fingerprint density at radius 1 is 1.13 bits per heavy atom. The molecule has 0 aliphatic heterocycles. The van der Waals surface area contributed by atoms with Gasteiger partial charge >= 0.3 is 0 Å². The summed E-state index contributed by atoms with van der Waals surface area (Å²) in [6, 6.07) is 6.27. The molecular formula is C20H28O3. The van der Waals surface area contributed by atoms with Crippen LogP contribution in [0, 0.1) is 0 Å². The molecule has 3 nitrogen and oxygen atoms in total. The van der Waals surface area contributed by atoms with Crippen LogP contribution in [0.25, 0.3) is 0 Å². The van der Waals surface area contributed by atoms with Crippen LogP contribution in [0.1, 0.15) is 56.9 Å². The molecule has 0 unspecified atom stereocenters. The largest absolute Gasteiger partial charge is 0.493 e. The molecule has 0 atom stereocenters. The van der Waals surface area contributed by atoms with Crippen LogP contribution in [-0.2, 0) is 5.41 Å². The monoisotopic (exact) mass is 316 g/mol. The first kappa shape index (κ1) is 16.4. The second-order valence-corrected chi connectivity index (χ2v) is 6.98. The molecular weight excluding hydrogens is 288 g/mol. The predicted octanol–water partition coefficient (Wildman–Crippen LogP) is 4.38. The number of ether oxygens (including phenoxy) is 2. The number of aliphatic hydroxyl groups is 1. The zero-order chi connectivity index (χ0) is 16.3. The molecule has 0 bridgehead atoms. The smallest absolute Gasteiger partial charge is 0.161 e. The van der Waals surface area contributed by atoms with Crippen LogP contribution < -0.4 is 9.47 Å². The van der Waals surface area contributed by atoms with Crippen LogP contribution in [0.4, 0.5) is 0 Å². The van der Waals surface area contributed by atoms with Gasteiger partial charge in [-0.1, -0.05) is 12.1 Å². The summed E-state index contributed by atoms with van der Waals surface area (Å²) in [5.74, 6) is 1.65. The Morgan fingerprint density at radius 2 is 1.83 bits per heavy atom. The van der Waals surface area contributed by atoms with Gasteiger partial charge in [-0.3, -0.25) is 0 Å². The molecule has 2 saturated carbocycles. The highest BCUT2D eigenvalue weighted by Crippen LogP contribution is 2.43. The van der Waals surface area contributed by atoms with Crippen molar-refractivity contribution in [3.8, 4) is 11.5 Å². The van der Waals surface area contributed by atoms with Gasteiger partial charge in [0.2, 0.25) is 0 Å². The maximum atomic E-state index is 9.83. The standard InChI is InChI=1S/C20H28O3/c1-3-20(12-10-16(21)11-13-20)15-8-9-18(22-2)19(14-15)23-17-6-4-5-7-17/h3,8-9,14,16-17,21H,1,4-7,10-13H2,2H3. The van der Waals surface area contributed by atoms with Crippen molar-refractivity contribution in [3.63, 3.8) is 0 Å². The molecule has 126 valence electrons. The number of aliphatic hydroxyl groups excluding tert-OH is 1. The van der Waals surface area contributed by atoms with Gasteiger partial charge in [0.05, 0.1) is 19.3 Å². The molecule has 2 fully saturated rings. The van der Waals surface area contributed by atoms with E-state index in [-0.39, 0.29) is 11.5 Å². The van der Waals surface area contributed by atoms with Gasteiger partial charge in [0.15, 0.2) is 11.5 Å². The lowest BCUT2D eigenvalue weighted by Crippen LogP contribution is -2.31. The van der Waals surface area contributed by atoms with Gasteiger partial charge in [-0.25, -0.2) is 0 Å². The molecule has 0 amide bonds. The van der Waals surface area contributed by atoms with Crippen molar-refractivity contribution in [3.05, 3.63) is 36.4 Å². The second-order valence-electron chi connectivity index (χ2n) is 6.98. The van der Waals surface area contributed by atoms with Crippen LogP contribution in [0.3, 0.4) is 0 Å². The van der Waals surface area contributed by atoms with Crippen molar-refractivity contribution >= 4 is 0 Å². The summed E-state index contributed by atoms with van der Waals surface area (Å²) in [7, 11) is 1.69. The molecule has 1 N–H and O–H groups in total. The lowest BCUT2D eigenvalue weighted by atomic mass is 9.69. The molecule has 0 heterocycles. The van der Waals surface area contributed by atoms with E-state index in [2.05, 4.69) is 24.8 Å². The van der Waals surface area contributed by atoms with E-state index in [0.717, 1.165) is 50.0 Å². The Morgan fingerprint density at radius 3 is 2.43 bits per heavy atom. The maximum absolute atomic E-state index is 9.83. The molecule has 0 saturated heterocycles. The van der Waals surface area contributed by atoms with E-state index in [1.165, 1.54) is 18.4 Å². The summed E-state index contributed by atoms with van der Waals surface area (Å²) >= 11 is 0. The van der Waals surface area contributed by atoms with Crippen LogP contribution in [-0.4, -0.2) is 24.4 Å². The van der Waals surface area contributed by atoms with E-state index in [4.69, 9.17) is 9.47 Å². The SMILES string of the molecule is C=CC1(c2ccc(OC)c(OC3CCCC3)c2)CCC(O)CC1. The molecule has 23 heavy (non-hydrogen) atoms. The Kier molecular flexibility index (Phi) is 4.96. The van der Waals surface area contributed by atoms with Crippen molar-refractivity contribution in [1.29, 1.82) is 0 Å². The second kappa shape index (κ2) is 6.96. The lowest BCUT2D eigenvalue weighted by molar-refractivity contribution is 0.108. The summed E-state index contributed by atoms with van der Waals surface area (Å²) < 4.78 is 11.7. The molecule has 0 radical (unpaired) electrons. The van der Waals surface area contributed by atoms with E-state index in [1.54, 1.807) is 7.11 Å². The third-order valence-corrected chi connectivity index (χ3v) is 5.57. The van der Waals surface area contributed by atoms with E-state index >= 15 is 0 Å². The van der Waals surface area contributed by atoms with E-state index < -0.39 is 0 Å². The molecule has 0 aromatic heterocycles. The zero-order valence-corrected chi connectivity index (χ0v) is 14.1. The van der Waals surface area contributed by atoms with E-state index in [1.807, 2.05) is 6.07 Å². The minimum absolute atomic E-state index is 0.0563. The van der Waals surface area contributed by atoms with Gasteiger partial charge in [0.1, 0.15) is 0 Å². The first-order valence-corrected chi connectivity index (χ1v) is 8.84. The fourth-order valence-corrected chi connectivity index (χ4v) is 3.99. The minimum Gasteiger partial charge on any atom is -0.493 e. The number of rotatable bonds is 5. The number of hydrogen-bond acceptors (Lipinski definition) is 3. The van der Waals surface area contributed by atoms with Gasteiger partial charge < -0.3 is 14.6 Å². The first-order chi connectivity index (χ1) is 11.2. The molecule has 1 aromatic carbocycles. The van der Waals surface area contributed by atoms with Crippen LogP contribution in [0.5, 0.6) is 11.5 Å². The summed E-state index contributed by atoms with van der Waals surface area (Å²) in [5, 5.41) is 9.83. The third-order valence-electron chi connectivity index (χ3n) is 5.57. The molecule has 2 aliphatic carbocycles. The van der Waals surface area contributed by atoms with Gasteiger partial charge in [0.25, 0.3) is 0 Å². The minimum atomic E-state index is -0.171. The fourth-order valence-electron chi connectivity index (χ4n) is 3.99. The third kappa shape index (κ3) is 3.40. The topological polar surface area (TPSA) is 38.7 Å². The lowest BCUT2D eigenvalue weighted by Gasteiger charge is -2.37. The maximum Gasteiger partial charge on any atom is 0.161 e. The average Bonchev–Trinajstić information content (AvgIpc) is 3.09. The van der Waals surface area contributed by atoms with Gasteiger partial charge in [-0.2, -0.15) is 0 Å². The van der Waals surface area contributed by atoms with Gasteiger partial charge in [-0.05, 0) is 69.1 Å². The number of methoxy groups -OCH3 is 1. The van der Waals surface area contributed by atoms with E-state index in [0.29, 0.717) is 6.10 Å². The quantitative estimate of drug-likeness (QED) is 0.820. The number of allylic oxidation sites excluding steroid dienone is 1. The Bertz CT molecular complexity index is 538. The van der Waals surface area contributed by atoms with Crippen LogP contribution in [0.2, 0.25) is 0 Å². The number of benzene rings is 1. The van der Waals surface area contributed by atoms with Gasteiger partial charge in [0, 0.05) is 5.41 Å². The van der Waals surface area contributed by atoms with E-state index in [9.17, 15) is 5.11 Å². The summed E-state index contributed by atoms with van der Waals surface area (Å²) in [6.45, 7) is 4.08. The van der Waals surface area contributed by atoms with Crippen LogP contribution >= 0.6 is 0 Å². The summed E-state index contributed by atoms with van der Waals surface area (Å²) in [6.07, 6.45) is 10.5. The summed E-state index contributed by atoms with van der Waals surface area (Å²) in [5.41, 5.74) is 1.17. The predicted molar refractivity (Wildman–Crippen MR) is 92.2 cm³/mol. The van der Waals surface area contributed by atoms with Gasteiger partial charge in [-0.15, -0.1) is 6.58 Å². The van der Waals surface area contributed by atoms with Crippen molar-refractivity contribution < 1.29 is 14.6 Å². The number of hydrogen-bond donors (Lipinski definition) is 1. The molecule has 2 aliphatic rings. The molecule has 3 heteroatoms. The highest BCUT2D eigenvalue weighted by molar-refractivity contribution is 5.47. The first-order valence-electron chi connectivity index (χ1n) is 8.84. The molecule has 0 spiro atoms. The molecule has 1 aromatic rings. The van der Waals surface area contributed by atoms with Crippen molar-refractivity contribution in [2.75, 3.05) is 7.11 Å². The summed E-state index contributed by atoms with van der Waals surface area (Å²) in [4.78, 5) is 0. The van der Waals surface area contributed by atoms with Crippen molar-refractivity contribution in [2.45, 2.75) is 69.0 Å². The van der Waals surface area contributed by atoms with Crippen molar-refractivity contribution in [2.24, 2.45) is 0 Å². The highest BCUT2D eigenvalue weighted by atomic mass is 16.5. The Hall–Kier alpha value is -1.48. The average molecular weight is 316 g/mol. The van der Waals surface area contributed by atoms with Crippen molar-refractivity contribution in [1.82, 2.24) is 0 Å². The molecule has 3 rings (SSSR count). The highest BCUT2D eigenvalue weighted by Gasteiger charge is 2.34.